The van der Waals surface area contributed by atoms with Crippen LogP contribution in [0.4, 0.5) is 0 Å². The van der Waals surface area contributed by atoms with E-state index in [1.54, 1.807) is 22.0 Å². The minimum atomic E-state index is -0.0709. The molecule has 1 unspecified atom stereocenters. The number of amides is 2. The fourth-order valence-corrected chi connectivity index (χ4v) is 3.19. The minimum Gasteiger partial charge on any atom is -0.340 e. The number of aryl methyl sites for hydroxylation is 1. The summed E-state index contributed by atoms with van der Waals surface area (Å²) >= 11 is 0. The zero-order valence-electron chi connectivity index (χ0n) is 13.0. The van der Waals surface area contributed by atoms with E-state index < -0.39 is 0 Å². The second kappa shape index (κ2) is 6.48. The number of carbonyl (C=O) groups is 2. The largest absolute Gasteiger partial charge is 0.340 e. The molecule has 3 rings (SSSR count). The van der Waals surface area contributed by atoms with Crippen LogP contribution in [-0.2, 0) is 11.8 Å². The van der Waals surface area contributed by atoms with Crippen molar-refractivity contribution in [3.8, 4) is 0 Å². The lowest BCUT2D eigenvalue weighted by Gasteiger charge is -2.36. The average molecular weight is 305 g/mol. The van der Waals surface area contributed by atoms with Crippen LogP contribution in [0.15, 0.2) is 12.5 Å². The summed E-state index contributed by atoms with van der Waals surface area (Å²) < 4.78 is 1.76. The molecule has 7 heteroatoms. The summed E-state index contributed by atoms with van der Waals surface area (Å²) in [5.41, 5.74) is 0.456. The van der Waals surface area contributed by atoms with Crippen molar-refractivity contribution in [3.05, 3.63) is 18.2 Å². The molecule has 0 bridgehead atoms. The Bertz CT molecular complexity index is 550. The predicted octanol–water partition coefficient (Wildman–Crippen LogP) is -0.296. The maximum Gasteiger partial charge on any atom is 0.274 e. The normalized spacial score (nSPS) is 22.7. The molecule has 22 heavy (non-hydrogen) atoms. The highest BCUT2D eigenvalue weighted by molar-refractivity contribution is 5.92. The molecule has 3 heterocycles. The van der Waals surface area contributed by atoms with Crippen LogP contribution in [0.3, 0.4) is 0 Å². The number of piperidine rings is 1. The van der Waals surface area contributed by atoms with Gasteiger partial charge in [-0.15, -0.1) is 0 Å². The topological polar surface area (TPSA) is 70.5 Å². The lowest BCUT2D eigenvalue weighted by Crippen LogP contribution is -2.52. The maximum absolute atomic E-state index is 12.6. The van der Waals surface area contributed by atoms with E-state index in [-0.39, 0.29) is 17.7 Å². The SMILES string of the molecule is Cn1cnc(C(=O)N2CCCC(C(=O)N3CCNCC3)C2)c1. The van der Waals surface area contributed by atoms with E-state index in [2.05, 4.69) is 10.3 Å². The standard InChI is InChI=1S/C15H23N5O2/c1-18-10-13(17-11-18)15(22)20-6-2-3-12(9-20)14(21)19-7-4-16-5-8-19/h10-12,16H,2-9H2,1H3. The number of nitrogens with one attached hydrogen (secondary N) is 1. The maximum atomic E-state index is 12.6. The lowest BCUT2D eigenvalue weighted by atomic mass is 9.96. The number of imidazole rings is 1. The van der Waals surface area contributed by atoms with Gasteiger partial charge in [-0.05, 0) is 12.8 Å². The molecule has 1 aromatic rings. The van der Waals surface area contributed by atoms with Gasteiger partial charge in [-0.25, -0.2) is 4.98 Å². The number of hydrogen-bond donors (Lipinski definition) is 1. The Morgan fingerprint density at radius 1 is 1.23 bits per heavy atom. The fraction of sp³-hybridized carbons (Fsp3) is 0.667. The van der Waals surface area contributed by atoms with Gasteiger partial charge in [0.25, 0.3) is 5.91 Å². The van der Waals surface area contributed by atoms with Crippen LogP contribution >= 0.6 is 0 Å². The lowest BCUT2D eigenvalue weighted by molar-refractivity contribution is -0.137. The Hall–Kier alpha value is -1.89. The molecule has 7 nitrogen and oxygen atoms in total. The van der Waals surface area contributed by atoms with Gasteiger partial charge < -0.3 is 19.7 Å². The Labute approximate surface area is 130 Å². The number of nitrogens with zero attached hydrogens (tertiary/aromatic N) is 4. The van der Waals surface area contributed by atoms with Crippen molar-refractivity contribution >= 4 is 11.8 Å². The summed E-state index contributed by atoms with van der Waals surface area (Å²) in [6.45, 7) is 4.47. The smallest absolute Gasteiger partial charge is 0.274 e. The molecule has 1 atom stereocenters. The van der Waals surface area contributed by atoms with E-state index >= 15 is 0 Å². The predicted molar refractivity (Wildman–Crippen MR) is 81.3 cm³/mol. The molecule has 1 aromatic heterocycles. The second-order valence-electron chi connectivity index (χ2n) is 6.09. The average Bonchev–Trinajstić information content (AvgIpc) is 3.01. The summed E-state index contributed by atoms with van der Waals surface area (Å²) in [6.07, 6.45) is 5.10. The van der Waals surface area contributed by atoms with Gasteiger partial charge in [0.1, 0.15) is 5.69 Å². The first-order valence-corrected chi connectivity index (χ1v) is 7.92. The first kappa shape index (κ1) is 15.0. The number of likely N-dealkylation sites (tertiary alicyclic amines) is 1. The first-order chi connectivity index (χ1) is 10.6. The van der Waals surface area contributed by atoms with E-state index in [1.165, 1.54) is 0 Å². The van der Waals surface area contributed by atoms with Crippen molar-refractivity contribution in [3.63, 3.8) is 0 Å². The highest BCUT2D eigenvalue weighted by Gasteiger charge is 2.32. The molecule has 2 saturated heterocycles. The molecule has 2 aliphatic rings. The molecule has 0 radical (unpaired) electrons. The fourth-order valence-electron chi connectivity index (χ4n) is 3.19. The summed E-state index contributed by atoms with van der Waals surface area (Å²) in [7, 11) is 1.84. The molecule has 2 aliphatic heterocycles. The van der Waals surface area contributed by atoms with E-state index in [9.17, 15) is 9.59 Å². The molecule has 0 aliphatic carbocycles. The number of piperazine rings is 1. The Morgan fingerprint density at radius 2 is 2.00 bits per heavy atom. The van der Waals surface area contributed by atoms with E-state index in [1.807, 2.05) is 11.9 Å². The molecular formula is C15H23N5O2. The van der Waals surface area contributed by atoms with Crippen LogP contribution in [0.25, 0.3) is 0 Å². The van der Waals surface area contributed by atoms with E-state index in [0.29, 0.717) is 18.8 Å². The van der Waals surface area contributed by atoms with Crippen molar-refractivity contribution in [2.24, 2.45) is 13.0 Å². The molecule has 120 valence electrons. The Kier molecular flexibility index (Phi) is 4.42. The summed E-state index contributed by atoms with van der Waals surface area (Å²) in [6, 6.07) is 0. The number of hydrogen-bond acceptors (Lipinski definition) is 4. The van der Waals surface area contributed by atoms with E-state index in [0.717, 1.165) is 39.0 Å². The van der Waals surface area contributed by atoms with Crippen LogP contribution < -0.4 is 5.32 Å². The third kappa shape index (κ3) is 3.14. The zero-order valence-corrected chi connectivity index (χ0v) is 13.0. The molecule has 2 fully saturated rings. The minimum absolute atomic E-state index is 0.0699. The number of aromatic nitrogens is 2. The molecule has 2 amide bonds. The van der Waals surface area contributed by atoms with Crippen molar-refractivity contribution in [2.75, 3.05) is 39.3 Å². The third-order valence-corrected chi connectivity index (χ3v) is 4.41. The van der Waals surface area contributed by atoms with Gasteiger partial charge in [-0.1, -0.05) is 0 Å². The van der Waals surface area contributed by atoms with Crippen molar-refractivity contribution in [2.45, 2.75) is 12.8 Å². The molecule has 0 saturated carbocycles. The van der Waals surface area contributed by atoms with Gasteiger partial charge in [0, 0.05) is 52.5 Å². The number of carbonyl (C=O) groups excluding carboxylic acids is 2. The van der Waals surface area contributed by atoms with Crippen molar-refractivity contribution in [1.82, 2.24) is 24.7 Å². The van der Waals surface area contributed by atoms with Crippen LogP contribution in [0.5, 0.6) is 0 Å². The summed E-state index contributed by atoms with van der Waals surface area (Å²) in [4.78, 5) is 32.9. The highest BCUT2D eigenvalue weighted by atomic mass is 16.2. The van der Waals surface area contributed by atoms with Crippen LogP contribution in [0.1, 0.15) is 23.3 Å². The molecule has 0 spiro atoms. The summed E-state index contributed by atoms with van der Waals surface area (Å²) in [5, 5.41) is 3.25. The van der Waals surface area contributed by atoms with Gasteiger partial charge in [0.15, 0.2) is 0 Å². The van der Waals surface area contributed by atoms with Gasteiger partial charge in [-0.2, -0.15) is 0 Å². The van der Waals surface area contributed by atoms with Crippen LogP contribution in [0, 0.1) is 5.92 Å². The van der Waals surface area contributed by atoms with Gasteiger partial charge in [0.2, 0.25) is 5.91 Å². The molecule has 1 N–H and O–H groups in total. The van der Waals surface area contributed by atoms with Crippen molar-refractivity contribution < 1.29 is 9.59 Å². The number of rotatable bonds is 2. The van der Waals surface area contributed by atoms with Crippen LogP contribution in [-0.4, -0.2) is 70.4 Å². The Morgan fingerprint density at radius 3 is 2.68 bits per heavy atom. The first-order valence-electron chi connectivity index (χ1n) is 7.92. The van der Waals surface area contributed by atoms with Crippen molar-refractivity contribution in [1.29, 1.82) is 0 Å². The van der Waals surface area contributed by atoms with Crippen LogP contribution in [0.2, 0.25) is 0 Å². The van der Waals surface area contributed by atoms with Gasteiger partial charge in [-0.3, -0.25) is 9.59 Å². The zero-order chi connectivity index (χ0) is 15.5. The van der Waals surface area contributed by atoms with Gasteiger partial charge >= 0.3 is 0 Å². The molecule has 0 aromatic carbocycles. The monoisotopic (exact) mass is 305 g/mol. The third-order valence-electron chi connectivity index (χ3n) is 4.41. The highest BCUT2D eigenvalue weighted by Crippen LogP contribution is 2.20. The Balaban J connectivity index is 1.63. The van der Waals surface area contributed by atoms with Gasteiger partial charge in [0.05, 0.1) is 12.2 Å². The van der Waals surface area contributed by atoms with E-state index in [4.69, 9.17) is 0 Å². The second-order valence-corrected chi connectivity index (χ2v) is 6.09. The quantitative estimate of drug-likeness (QED) is 0.815. The molecular weight excluding hydrogens is 282 g/mol. The summed E-state index contributed by atoms with van der Waals surface area (Å²) in [5.74, 6) is 0.0537.